The van der Waals surface area contributed by atoms with Crippen LogP contribution in [0.5, 0.6) is 0 Å². The third kappa shape index (κ3) is 4.01. The maximum atomic E-state index is 11.6. The van der Waals surface area contributed by atoms with Crippen LogP contribution in [0.2, 0.25) is 0 Å². The Morgan fingerprint density at radius 1 is 1.67 bits per heavy atom. The lowest BCUT2D eigenvalue weighted by molar-refractivity contribution is -0.123. The molecule has 1 saturated carbocycles. The molecule has 4 N–H and O–H groups in total. The summed E-state index contributed by atoms with van der Waals surface area (Å²) in [6, 6.07) is -0.453. The standard InChI is InChI=1S/C10H20N2O2S/c1-2-5-15-6-8(11)9(14)12-10(7-13)3-4-10/h8,13H,2-7,11H2,1H3,(H,12,14)/t8-/m0/s1. The minimum Gasteiger partial charge on any atom is -0.394 e. The fourth-order valence-corrected chi connectivity index (χ4v) is 2.12. The van der Waals surface area contributed by atoms with Crippen LogP contribution >= 0.6 is 11.8 Å². The van der Waals surface area contributed by atoms with E-state index in [9.17, 15) is 4.79 Å². The molecule has 0 bridgehead atoms. The molecule has 1 fully saturated rings. The summed E-state index contributed by atoms with van der Waals surface area (Å²) in [5.41, 5.74) is 5.39. The van der Waals surface area contributed by atoms with E-state index >= 15 is 0 Å². The highest BCUT2D eigenvalue weighted by atomic mass is 32.2. The molecule has 5 heteroatoms. The van der Waals surface area contributed by atoms with Gasteiger partial charge in [-0.15, -0.1) is 0 Å². The fourth-order valence-electron chi connectivity index (χ4n) is 1.26. The highest BCUT2D eigenvalue weighted by Gasteiger charge is 2.43. The first-order valence-corrected chi connectivity index (χ1v) is 6.55. The topological polar surface area (TPSA) is 75.4 Å². The van der Waals surface area contributed by atoms with Crippen LogP contribution in [0.15, 0.2) is 0 Å². The molecule has 0 aromatic rings. The molecule has 0 saturated heterocycles. The maximum Gasteiger partial charge on any atom is 0.238 e. The van der Waals surface area contributed by atoms with Gasteiger partial charge in [-0.05, 0) is 25.0 Å². The fraction of sp³-hybridized carbons (Fsp3) is 0.900. The number of rotatable bonds is 7. The van der Waals surface area contributed by atoms with Crippen LogP contribution in [0.25, 0.3) is 0 Å². The van der Waals surface area contributed by atoms with Crippen LogP contribution in [0.1, 0.15) is 26.2 Å². The molecule has 0 unspecified atom stereocenters. The van der Waals surface area contributed by atoms with Gasteiger partial charge >= 0.3 is 0 Å². The van der Waals surface area contributed by atoms with E-state index in [2.05, 4.69) is 12.2 Å². The van der Waals surface area contributed by atoms with Gasteiger partial charge < -0.3 is 16.2 Å². The van der Waals surface area contributed by atoms with Crippen molar-refractivity contribution in [2.75, 3.05) is 18.1 Å². The van der Waals surface area contributed by atoms with Crippen molar-refractivity contribution in [1.29, 1.82) is 0 Å². The maximum absolute atomic E-state index is 11.6. The molecule has 0 aliphatic heterocycles. The molecule has 1 amide bonds. The summed E-state index contributed by atoms with van der Waals surface area (Å²) in [4.78, 5) is 11.6. The first-order valence-electron chi connectivity index (χ1n) is 5.40. The van der Waals surface area contributed by atoms with E-state index in [1.807, 2.05) is 0 Å². The summed E-state index contributed by atoms with van der Waals surface area (Å²) in [5.74, 6) is 1.55. The van der Waals surface area contributed by atoms with Gasteiger partial charge in [0.25, 0.3) is 0 Å². The molecule has 0 heterocycles. The molecule has 0 aromatic carbocycles. The number of thioether (sulfide) groups is 1. The Hall–Kier alpha value is -0.260. The van der Waals surface area contributed by atoms with Crippen LogP contribution in [-0.2, 0) is 4.79 Å². The van der Waals surface area contributed by atoms with Crippen LogP contribution in [0.3, 0.4) is 0 Å². The Balaban J connectivity index is 2.21. The van der Waals surface area contributed by atoms with Gasteiger partial charge in [-0.2, -0.15) is 11.8 Å². The summed E-state index contributed by atoms with van der Waals surface area (Å²) in [7, 11) is 0. The van der Waals surface area contributed by atoms with Crippen molar-refractivity contribution in [2.45, 2.75) is 37.8 Å². The highest BCUT2D eigenvalue weighted by Crippen LogP contribution is 2.34. The second kappa shape index (κ2) is 5.72. The highest BCUT2D eigenvalue weighted by molar-refractivity contribution is 7.99. The van der Waals surface area contributed by atoms with Crippen molar-refractivity contribution in [3.63, 3.8) is 0 Å². The first-order chi connectivity index (χ1) is 7.13. The van der Waals surface area contributed by atoms with Crippen LogP contribution in [0.4, 0.5) is 0 Å². The number of aliphatic hydroxyl groups excluding tert-OH is 1. The van der Waals surface area contributed by atoms with Crippen molar-refractivity contribution < 1.29 is 9.90 Å². The normalized spacial score (nSPS) is 19.7. The molecular formula is C10H20N2O2S. The summed E-state index contributed by atoms with van der Waals surface area (Å²) >= 11 is 1.70. The molecule has 15 heavy (non-hydrogen) atoms. The second-order valence-corrected chi connectivity index (χ2v) is 5.26. The predicted molar refractivity (Wildman–Crippen MR) is 62.8 cm³/mol. The van der Waals surface area contributed by atoms with Gasteiger partial charge in [-0.1, -0.05) is 6.92 Å². The Bertz CT molecular complexity index is 219. The van der Waals surface area contributed by atoms with Gasteiger partial charge in [-0.3, -0.25) is 4.79 Å². The molecule has 0 radical (unpaired) electrons. The molecule has 1 aliphatic carbocycles. The average Bonchev–Trinajstić information content (AvgIpc) is 2.98. The van der Waals surface area contributed by atoms with Gasteiger partial charge in [0.05, 0.1) is 18.2 Å². The van der Waals surface area contributed by atoms with Crippen molar-refractivity contribution >= 4 is 17.7 Å². The molecule has 1 aliphatic rings. The average molecular weight is 232 g/mol. The van der Waals surface area contributed by atoms with E-state index in [-0.39, 0.29) is 18.1 Å². The number of carbonyl (C=O) groups excluding carboxylic acids is 1. The lowest BCUT2D eigenvalue weighted by Crippen LogP contribution is -2.49. The van der Waals surface area contributed by atoms with Crippen LogP contribution in [0, 0.1) is 0 Å². The zero-order chi connectivity index (χ0) is 11.3. The molecule has 0 spiro atoms. The number of carbonyl (C=O) groups is 1. The Kier molecular flexibility index (Phi) is 4.89. The third-order valence-electron chi connectivity index (χ3n) is 2.53. The molecule has 4 nitrogen and oxygen atoms in total. The Labute approximate surface area is 95.0 Å². The predicted octanol–water partition coefficient (Wildman–Crippen LogP) is 0.0980. The summed E-state index contributed by atoms with van der Waals surface area (Å²) in [5, 5.41) is 11.9. The van der Waals surface area contributed by atoms with Crippen molar-refractivity contribution in [3.8, 4) is 0 Å². The lowest BCUT2D eigenvalue weighted by Gasteiger charge is -2.17. The van der Waals surface area contributed by atoms with Gasteiger partial charge in [-0.25, -0.2) is 0 Å². The van der Waals surface area contributed by atoms with Crippen molar-refractivity contribution in [1.82, 2.24) is 5.32 Å². The molecular weight excluding hydrogens is 212 g/mol. The van der Waals surface area contributed by atoms with Crippen molar-refractivity contribution in [2.24, 2.45) is 5.73 Å². The van der Waals surface area contributed by atoms with E-state index in [4.69, 9.17) is 10.8 Å². The monoisotopic (exact) mass is 232 g/mol. The zero-order valence-corrected chi connectivity index (χ0v) is 9.98. The van der Waals surface area contributed by atoms with Crippen LogP contribution < -0.4 is 11.1 Å². The van der Waals surface area contributed by atoms with Crippen molar-refractivity contribution in [3.05, 3.63) is 0 Å². The quantitative estimate of drug-likeness (QED) is 0.544. The summed E-state index contributed by atoms with van der Waals surface area (Å²) < 4.78 is 0. The number of aliphatic hydroxyl groups is 1. The number of nitrogens with one attached hydrogen (secondary N) is 1. The molecule has 88 valence electrons. The molecule has 1 rings (SSSR count). The molecule has 0 aromatic heterocycles. The summed E-state index contributed by atoms with van der Waals surface area (Å²) in [6.45, 7) is 2.12. The smallest absolute Gasteiger partial charge is 0.238 e. The van der Waals surface area contributed by atoms with E-state index in [1.165, 1.54) is 0 Å². The number of hydrogen-bond acceptors (Lipinski definition) is 4. The van der Waals surface area contributed by atoms with Gasteiger partial charge in [0.1, 0.15) is 0 Å². The van der Waals surface area contributed by atoms with E-state index in [0.29, 0.717) is 5.75 Å². The first kappa shape index (κ1) is 12.8. The number of nitrogens with two attached hydrogens (primary N) is 1. The largest absolute Gasteiger partial charge is 0.394 e. The Morgan fingerprint density at radius 2 is 2.33 bits per heavy atom. The van der Waals surface area contributed by atoms with Crippen LogP contribution in [-0.4, -0.2) is 40.7 Å². The molecule has 1 atom stereocenters. The Morgan fingerprint density at radius 3 is 2.80 bits per heavy atom. The summed E-state index contributed by atoms with van der Waals surface area (Å²) in [6.07, 6.45) is 2.83. The SMILES string of the molecule is CCCSC[C@H](N)C(=O)NC1(CO)CC1. The van der Waals surface area contributed by atoms with Gasteiger partial charge in [0.2, 0.25) is 5.91 Å². The van der Waals surface area contributed by atoms with E-state index in [1.54, 1.807) is 11.8 Å². The second-order valence-electron chi connectivity index (χ2n) is 4.11. The van der Waals surface area contributed by atoms with E-state index in [0.717, 1.165) is 25.0 Å². The van der Waals surface area contributed by atoms with Gasteiger partial charge in [0.15, 0.2) is 0 Å². The zero-order valence-electron chi connectivity index (χ0n) is 9.16. The minimum atomic E-state index is -0.453. The number of hydrogen-bond donors (Lipinski definition) is 3. The lowest BCUT2D eigenvalue weighted by atomic mass is 10.2. The van der Waals surface area contributed by atoms with Gasteiger partial charge in [0, 0.05) is 5.75 Å². The van der Waals surface area contributed by atoms with E-state index < -0.39 is 6.04 Å². The minimum absolute atomic E-state index is 0.0214. The third-order valence-corrected chi connectivity index (χ3v) is 3.82. The number of amides is 1.